The molecule has 4 heteroatoms. The molecule has 0 spiro atoms. The van der Waals surface area contributed by atoms with Crippen LogP contribution in [0.4, 0.5) is 0 Å². The maximum Gasteiger partial charge on any atom is 0.230 e. The van der Waals surface area contributed by atoms with E-state index in [1.54, 1.807) is 7.11 Å². The van der Waals surface area contributed by atoms with Crippen molar-refractivity contribution in [2.24, 2.45) is 5.92 Å². The molecular weight excluding hydrogens is 302 g/mol. The van der Waals surface area contributed by atoms with Gasteiger partial charge in [0.2, 0.25) is 5.91 Å². The van der Waals surface area contributed by atoms with Crippen LogP contribution in [0.2, 0.25) is 0 Å². The second kappa shape index (κ2) is 8.02. The van der Waals surface area contributed by atoms with Gasteiger partial charge in [-0.05, 0) is 55.7 Å². The number of amides is 1. The number of rotatable bonds is 7. The van der Waals surface area contributed by atoms with E-state index in [1.807, 2.05) is 12.1 Å². The molecule has 1 aliphatic carbocycles. The van der Waals surface area contributed by atoms with Crippen LogP contribution >= 0.6 is 0 Å². The van der Waals surface area contributed by atoms with Crippen LogP contribution in [0.3, 0.4) is 0 Å². The first kappa shape index (κ1) is 17.3. The molecule has 0 bridgehead atoms. The normalized spacial score (nSPS) is 22.5. The zero-order chi connectivity index (χ0) is 16.8. The van der Waals surface area contributed by atoms with Gasteiger partial charge < -0.3 is 14.8 Å². The maximum atomic E-state index is 13.0. The molecule has 1 atom stereocenters. The van der Waals surface area contributed by atoms with Gasteiger partial charge in [0, 0.05) is 19.8 Å². The molecule has 0 radical (unpaired) electrons. The number of hydrogen-bond donors (Lipinski definition) is 1. The highest BCUT2D eigenvalue weighted by molar-refractivity contribution is 5.88. The zero-order valence-electron chi connectivity index (χ0n) is 14.7. The van der Waals surface area contributed by atoms with Gasteiger partial charge in [-0.3, -0.25) is 4.79 Å². The number of hydrogen-bond acceptors (Lipinski definition) is 3. The quantitative estimate of drug-likeness (QED) is 0.779. The van der Waals surface area contributed by atoms with E-state index in [2.05, 4.69) is 17.4 Å². The molecule has 1 amide bonds. The summed E-state index contributed by atoms with van der Waals surface area (Å²) in [7, 11) is 1.67. The number of benzene rings is 1. The molecule has 4 nitrogen and oxygen atoms in total. The molecule has 1 aromatic carbocycles. The number of carbonyl (C=O) groups excluding carboxylic acids is 1. The third kappa shape index (κ3) is 3.75. The number of carbonyl (C=O) groups is 1. The van der Waals surface area contributed by atoms with Gasteiger partial charge in [-0.1, -0.05) is 25.0 Å². The standard InChI is InChI=1S/C20H29NO3/c1-23-18-8-6-17(7-9-18)20(11-2-3-12-20)19(22)21-13-4-5-16-10-14-24-15-16/h6-9,16H,2-5,10-15H2,1H3,(H,21,22). The Kier molecular flexibility index (Phi) is 5.77. The lowest BCUT2D eigenvalue weighted by molar-refractivity contribution is -0.126. The molecule has 1 N–H and O–H groups in total. The molecule has 1 aliphatic heterocycles. The van der Waals surface area contributed by atoms with Crippen molar-refractivity contribution in [3.05, 3.63) is 29.8 Å². The fraction of sp³-hybridized carbons (Fsp3) is 0.650. The summed E-state index contributed by atoms with van der Waals surface area (Å²) < 4.78 is 10.7. The minimum atomic E-state index is -0.345. The van der Waals surface area contributed by atoms with Gasteiger partial charge in [0.05, 0.1) is 12.5 Å². The summed E-state index contributed by atoms with van der Waals surface area (Å²) >= 11 is 0. The fourth-order valence-electron chi connectivity index (χ4n) is 4.11. The van der Waals surface area contributed by atoms with Crippen molar-refractivity contribution in [3.8, 4) is 5.75 Å². The molecule has 3 rings (SSSR count). The Morgan fingerprint density at radius 2 is 2.04 bits per heavy atom. The molecule has 1 heterocycles. The topological polar surface area (TPSA) is 47.6 Å². The van der Waals surface area contributed by atoms with Gasteiger partial charge in [-0.25, -0.2) is 0 Å². The van der Waals surface area contributed by atoms with Crippen molar-refractivity contribution in [2.75, 3.05) is 26.9 Å². The van der Waals surface area contributed by atoms with Gasteiger partial charge in [0.15, 0.2) is 0 Å². The van der Waals surface area contributed by atoms with Gasteiger partial charge in [-0.15, -0.1) is 0 Å². The highest BCUT2D eigenvalue weighted by atomic mass is 16.5. The number of nitrogens with one attached hydrogen (secondary N) is 1. The lowest BCUT2D eigenvalue weighted by Gasteiger charge is -2.28. The SMILES string of the molecule is COc1ccc(C2(C(=O)NCCCC3CCOC3)CCCC2)cc1. The Hall–Kier alpha value is -1.55. The summed E-state index contributed by atoms with van der Waals surface area (Å²) in [6.07, 6.45) is 7.50. The first-order valence-corrected chi connectivity index (χ1v) is 9.25. The van der Waals surface area contributed by atoms with Crippen molar-refractivity contribution in [2.45, 2.75) is 50.4 Å². The first-order valence-electron chi connectivity index (χ1n) is 9.25. The molecule has 1 saturated heterocycles. The van der Waals surface area contributed by atoms with Crippen molar-refractivity contribution in [1.29, 1.82) is 0 Å². The minimum absolute atomic E-state index is 0.202. The van der Waals surface area contributed by atoms with E-state index in [0.717, 1.165) is 69.6 Å². The van der Waals surface area contributed by atoms with Crippen LogP contribution in [0, 0.1) is 5.92 Å². The predicted molar refractivity (Wildman–Crippen MR) is 94.3 cm³/mol. The van der Waals surface area contributed by atoms with E-state index in [4.69, 9.17) is 9.47 Å². The van der Waals surface area contributed by atoms with E-state index in [-0.39, 0.29) is 11.3 Å². The third-order valence-electron chi connectivity index (χ3n) is 5.63. The zero-order valence-corrected chi connectivity index (χ0v) is 14.7. The Morgan fingerprint density at radius 3 is 2.67 bits per heavy atom. The fourth-order valence-corrected chi connectivity index (χ4v) is 4.11. The highest BCUT2D eigenvalue weighted by Gasteiger charge is 2.42. The molecule has 1 unspecified atom stereocenters. The summed E-state index contributed by atoms with van der Waals surface area (Å²) in [5.41, 5.74) is 0.783. The Bertz CT molecular complexity index is 528. The molecule has 1 saturated carbocycles. The molecule has 132 valence electrons. The average molecular weight is 331 g/mol. The van der Waals surface area contributed by atoms with Crippen molar-refractivity contribution >= 4 is 5.91 Å². The smallest absolute Gasteiger partial charge is 0.230 e. The summed E-state index contributed by atoms with van der Waals surface area (Å²) in [4.78, 5) is 13.0. The molecule has 1 aromatic rings. The van der Waals surface area contributed by atoms with Gasteiger partial charge >= 0.3 is 0 Å². The van der Waals surface area contributed by atoms with E-state index >= 15 is 0 Å². The Balaban J connectivity index is 1.58. The second-order valence-corrected chi connectivity index (χ2v) is 7.15. The van der Waals surface area contributed by atoms with E-state index < -0.39 is 0 Å². The monoisotopic (exact) mass is 331 g/mol. The first-order chi connectivity index (χ1) is 11.7. The maximum absolute atomic E-state index is 13.0. The van der Waals surface area contributed by atoms with Crippen LogP contribution in [0.15, 0.2) is 24.3 Å². The van der Waals surface area contributed by atoms with Crippen LogP contribution in [0.25, 0.3) is 0 Å². The van der Waals surface area contributed by atoms with E-state index in [0.29, 0.717) is 5.92 Å². The third-order valence-corrected chi connectivity index (χ3v) is 5.63. The Labute approximate surface area is 144 Å². The van der Waals surface area contributed by atoms with Gasteiger partial charge in [-0.2, -0.15) is 0 Å². The van der Waals surface area contributed by atoms with Crippen LogP contribution in [0.5, 0.6) is 5.75 Å². The Morgan fingerprint density at radius 1 is 1.29 bits per heavy atom. The van der Waals surface area contributed by atoms with Crippen LogP contribution < -0.4 is 10.1 Å². The molecule has 24 heavy (non-hydrogen) atoms. The number of ether oxygens (including phenoxy) is 2. The van der Waals surface area contributed by atoms with Crippen LogP contribution in [-0.2, 0) is 14.9 Å². The summed E-state index contributed by atoms with van der Waals surface area (Å²) in [6, 6.07) is 8.03. The second-order valence-electron chi connectivity index (χ2n) is 7.15. The molecular formula is C20H29NO3. The highest BCUT2D eigenvalue weighted by Crippen LogP contribution is 2.41. The summed E-state index contributed by atoms with van der Waals surface area (Å²) in [5, 5.41) is 3.21. The van der Waals surface area contributed by atoms with Gasteiger partial charge in [0.1, 0.15) is 5.75 Å². The van der Waals surface area contributed by atoms with Crippen molar-refractivity contribution in [1.82, 2.24) is 5.32 Å². The number of methoxy groups -OCH3 is 1. The molecule has 0 aromatic heterocycles. The minimum Gasteiger partial charge on any atom is -0.497 e. The predicted octanol–water partition coefficient (Wildman–Crippen LogP) is 3.44. The van der Waals surface area contributed by atoms with Crippen LogP contribution in [0.1, 0.15) is 50.5 Å². The summed E-state index contributed by atoms with van der Waals surface area (Å²) in [5.74, 6) is 1.72. The molecule has 2 aliphatic rings. The van der Waals surface area contributed by atoms with Gasteiger partial charge in [0.25, 0.3) is 0 Å². The average Bonchev–Trinajstić information content (AvgIpc) is 3.31. The summed E-state index contributed by atoms with van der Waals surface area (Å²) in [6.45, 7) is 2.56. The largest absolute Gasteiger partial charge is 0.497 e. The lowest BCUT2D eigenvalue weighted by Crippen LogP contribution is -2.43. The lowest BCUT2D eigenvalue weighted by atomic mass is 9.78. The molecule has 2 fully saturated rings. The van der Waals surface area contributed by atoms with Crippen molar-refractivity contribution < 1.29 is 14.3 Å². The van der Waals surface area contributed by atoms with Crippen LogP contribution in [-0.4, -0.2) is 32.8 Å². The van der Waals surface area contributed by atoms with E-state index in [1.165, 1.54) is 6.42 Å². The van der Waals surface area contributed by atoms with Crippen molar-refractivity contribution in [3.63, 3.8) is 0 Å². The van der Waals surface area contributed by atoms with E-state index in [9.17, 15) is 4.79 Å².